The van der Waals surface area contributed by atoms with Gasteiger partial charge < -0.3 is 29.9 Å². The van der Waals surface area contributed by atoms with Gasteiger partial charge in [-0.05, 0) is 40.7 Å². The van der Waals surface area contributed by atoms with Gasteiger partial charge in [-0.15, -0.1) is 0 Å². The van der Waals surface area contributed by atoms with Crippen molar-refractivity contribution in [3.8, 4) is 11.1 Å². The second-order valence-corrected chi connectivity index (χ2v) is 12.4. The van der Waals surface area contributed by atoms with Crippen LogP contribution in [0.15, 0.2) is 72.8 Å². The van der Waals surface area contributed by atoms with E-state index in [4.69, 9.17) is 9.47 Å². The third-order valence-corrected chi connectivity index (χ3v) is 9.26. The number of rotatable bonds is 11. The van der Waals surface area contributed by atoms with Gasteiger partial charge in [-0.1, -0.05) is 72.8 Å². The maximum atomic E-state index is 13.0. The summed E-state index contributed by atoms with van der Waals surface area (Å²) < 4.78 is 51.8. The summed E-state index contributed by atoms with van der Waals surface area (Å²) in [4.78, 5) is 25.3. The number of amides is 2. The van der Waals surface area contributed by atoms with E-state index in [0.717, 1.165) is 33.4 Å². The number of hydrogen-bond acceptors (Lipinski definition) is 7. The first kappa shape index (κ1) is 33.9. The van der Waals surface area contributed by atoms with E-state index in [-0.39, 0.29) is 44.9 Å². The Morgan fingerprint density at radius 1 is 0.957 bits per heavy atom. The zero-order chi connectivity index (χ0) is 32.7. The van der Waals surface area contributed by atoms with Gasteiger partial charge in [0, 0.05) is 36.6 Å². The lowest BCUT2D eigenvalue weighted by Crippen LogP contribution is -2.50. The van der Waals surface area contributed by atoms with Crippen LogP contribution in [-0.4, -0.2) is 69.9 Å². The van der Waals surface area contributed by atoms with Crippen LogP contribution in [0, 0.1) is 0 Å². The third-order valence-electron chi connectivity index (χ3n) is 8.18. The minimum absolute atomic E-state index is 0.0398. The van der Waals surface area contributed by atoms with E-state index in [0.29, 0.717) is 29.2 Å². The molecule has 3 aromatic carbocycles. The number of benzene rings is 3. The third kappa shape index (κ3) is 8.29. The lowest BCUT2D eigenvalue weighted by atomic mass is 9.97. The van der Waals surface area contributed by atoms with E-state index >= 15 is 0 Å². The van der Waals surface area contributed by atoms with Gasteiger partial charge >= 0.3 is 12.1 Å². The van der Waals surface area contributed by atoms with Gasteiger partial charge in [-0.3, -0.25) is 9.59 Å². The Balaban J connectivity index is 1.28. The lowest BCUT2D eigenvalue weighted by molar-refractivity contribution is -0.245. The van der Waals surface area contributed by atoms with Crippen LogP contribution in [0.25, 0.3) is 11.1 Å². The van der Waals surface area contributed by atoms with E-state index in [2.05, 4.69) is 5.32 Å². The maximum absolute atomic E-state index is 13.0. The Hall–Kier alpha value is -3.42. The SMILES string of the molecule is O=C(NCc1ccccc1-c1ccc([C@H]2O[C@@H](CSCCO)C[C@@H](c3ccc(CO)cc3)O2)cc1)[C@@H]1CCCN1C(=O)C(F)(F)F. The van der Waals surface area contributed by atoms with E-state index < -0.39 is 30.3 Å². The number of halogens is 3. The van der Waals surface area contributed by atoms with Crippen molar-refractivity contribution in [3.05, 3.63) is 95.1 Å². The molecule has 246 valence electrons. The molecule has 0 unspecified atom stereocenters. The summed E-state index contributed by atoms with van der Waals surface area (Å²) in [6.07, 6.45) is -4.83. The van der Waals surface area contributed by atoms with Crippen LogP contribution in [0.2, 0.25) is 0 Å². The van der Waals surface area contributed by atoms with Gasteiger partial charge in [0.1, 0.15) is 6.04 Å². The number of hydrogen-bond donors (Lipinski definition) is 3. The Kier molecular flexibility index (Phi) is 11.4. The summed E-state index contributed by atoms with van der Waals surface area (Å²) in [6.45, 7) is 0.0293. The Bertz CT molecular complexity index is 1470. The number of aliphatic hydroxyl groups is 2. The number of nitrogens with zero attached hydrogens (tertiary/aromatic N) is 1. The number of ether oxygens (including phenoxy) is 2. The standard InChI is InChI=1S/C34H37F3N2O6S/c35-34(36,37)33(43)39-15-3-6-29(39)31(42)38-19-26-4-1-2-5-28(26)23-11-13-25(14-12-23)32-44-27(21-46-17-16-40)18-30(45-32)24-9-7-22(20-41)8-10-24/h1-2,4-5,7-14,27,29-30,32,40-41H,3,6,15-21H2,(H,38,42)/t27-,29+,30+,32+/m1/s1. The molecule has 46 heavy (non-hydrogen) atoms. The zero-order valence-corrected chi connectivity index (χ0v) is 25.9. The van der Waals surface area contributed by atoms with Gasteiger partial charge in [0.05, 0.1) is 25.4 Å². The molecule has 0 saturated carbocycles. The zero-order valence-electron chi connectivity index (χ0n) is 25.1. The molecule has 2 amide bonds. The highest BCUT2D eigenvalue weighted by Crippen LogP contribution is 2.39. The quantitative estimate of drug-likeness (QED) is 0.241. The Labute approximate surface area is 269 Å². The second kappa shape index (κ2) is 15.4. The van der Waals surface area contributed by atoms with Gasteiger partial charge in [0.2, 0.25) is 5.91 Å². The molecule has 8 nitrogen and oxygen atoms in total. The van der Waals surface area contributed by atoms with Crippen LogP contribution >= 0.6 is 11.8 Å². The van der Waals surface area contributed by atoms with E-state index in [1.54, 1.807) is 11.8 Å². The average Bonchev–Trinajstić information content (AvgIpc) is 3.57. The molecule has 2 heterocycles. The molecule has 5 rings (SSSR count). The highest BCUT2D eigenvalue weighted by molar-refractivity contribution is 7.99. The van der Waals surface area contributed by atoms with Crippen molar-refractivity contribution in [1.82, 2.24) is 10.2 Å². The topological polar surface area (TPSA) is 108 Å². The number of carbonyl (C=O) groups is 2. The first-order valence-corrected chi connectivity index (χ1v) is 16.4. The Morgan fingerprint density at radius 2 is 1.67 bits per heavy atom. The van der Waals surface area contributed by atoms with Gasteiger partial charge in [0.25, 0.3) is 0 Å². The largest absolute Gasteiger partial charge is 0.471 e. The van der Waals surface area contributed by atoms with E-state index in [9.17, 15) is 33.0 Å². The Morgan fingerprint density at radius 3 is 2.37 bits per heavy atom. The van der Waals surface area contributed by atoms with Crippen molar-refractivity contribution in [2.24, 2.45) is 0 Å². The summed E-state index contributed by atoms with van der Waals surface area (Å²) in [5, 5.41) is 21.4. The number of likely N-dealkylation sites (tertiary alicyclic amines) is 1. The van der Waals surface area contributed by atoms with Crippen molar-refractivity contribution in [2.75, 3.05) is 24.7 Å². The molecule has 2 aliphatic rings. The number of carbonyl (C=O) groups excluding carboxylic acids is 2. The molecule has 0 aliphatic carbocycles. The monoisotopic (exact) mass is 658 g/mol. The van der Waals surface area contributed by atoms with Crippen molar-refractivity contribution in [3.63, 3.8) is 0 Å². The normalized spacial score (nSPS) is 21.7. The lowest BCUT2D eigenvalue weighted by Gasteiger charge is -2.36. The van der Waals surface area contributed by atoms with Crippen LogP contribution in [0.1, 0.15) is 53.9 Å². The molecule has 0 bridgehead atoms. The van der Waals surface area contributed by atoms with E-state index in [1.165, 1.54) is 0 Å². The molecule has 0 aromatic heterocycles. The van der Waals surface area contributed by atoms with Crippen LogP contribution in [0.4, 0.5) is 13.2 Å². The van der Waals surface area contributed by atoms with Crippen LogP contribution < -0.4 is 5.32 Å². The first-order valence-electron chi connectivity index (χ1n) is 15.2. The van der Waals surface area contributed by atoms with Gasteiger partial charge in [-0.25, -0.2) is 0 Å². The summed E-state index contributed by atoms with van der Waals surface area (Å²) in [5.74, 6) is -1.29. The summed E-state index contributed by atoms with van der Waals surface area (Å²) in [5.41, 5.74) is 5.10. The van der Waals surface area contributed by atoms with Crippen LogP contribution in [0.5, 0.6) is 0 Å². The molecule has 2 aliphatic heterocycles. The minimum Gasteiger partial charge on any atom is -0.396 e. The van der Waals surface area contributed by atoms with Crippen molar-refractivity contribution >= 4 is 23.6 Å². The fourth-order valence-electron chi connectivity index (χ4n) is 5.82. The van der Waals surface area contributed by atoms with Crippen molar-refractivity contribution in [1.29, 1.82) is 0 Å². The first-order chi connectivity index (χ1) is 22.2. The predicted octanol–water partition coefficient (Wildman–Crippen LogP) is 5.29. The van der Waals surface area contributed by atoms with Gasteiger partial charge in [0.15, 0.2) is 6.29 Å². The minimum atomic E-state index is -5.03. The molecule has 0 radical (unpaired) electrons. The fraction of sp³-hybridized carbons (Fsp3) is 0.412. The fourth-order valence-corrected chi connectivity index (χ4v) is 6.60. The molecule has 3 aromatic rings. The summed E-state index contributed by atoms with van der Waals surface area (Å²) >= 11 is 1.62. The molecule has 0 spiro atoms. The highest BCUT2D eigenvalue weighted by Gasteiger charge is 2.47. The van der Waals surface area contributed by atoms with E-state index in [1.807, 2.05) is 72.8 Å². The van der Waals surface area contributed by atoms with Crippen LogP contribution in [-0.2, 0) is 32.2 Å². The highest BCUT2D eigenvalue weighted by atomic mass is 32.2. The van der Waals surface area contributed by atoms with Gasteiger partial charge in [-0.2, -0.15) is 24.9 Å². The maximum Gasteiger partial charge on any atom is 0.471 e. The summed E-state index contributed by atoms with van der Waals surface area (Å²) in [6, 6.07) is 21.6. The van der Waals surface area contributed by atoms with Crippen molar-refractivity contribution < 1.29 is 42.4 Å². The molecule has 2 saturated heterocycles. The molecular weight excluding hydrogens is 621 g/mol. The molecule has 4 atom stereocenters. The van der Waals surface area contributed by atoms with Crippen molar-refractivity contribution in [2.45, 2.75) is 63.1 Å². The number of thioether (sulfide) groups is 1. The summed E-state index contributed by atoms with van der Waals surface area (Å²) in [7, 11) is 0. The average molecular weight is 659 g/mol. The second-order valence-electron chi connectivity index (χ2n) is 11.3. The molecule has 12 heteroatoms. The predicted molar refractivity (Wildman–Crippen MR) is 167 cm³/mol. The molecule has 2 fully saturated rings. The molecule has 3 N–H and O–H groups in total. The number of aliphatic hydroxyl groups excluding tert-OH is 2. The number of alkyl halides is 3. The smallest absolute Gasteiger partial charge is 0.396 e. The van der Waals surface area contributed by atoms with Crippen LogP contribution in [0.3, 0.4) is 0 Å². The molecular formula is C34H37F3N2O6S. The number of nitrogens with one attached hydrogen (secondary N) is 1.